The van der Waals surface area contributed by atoms with E-state index in [9.17, 15) is 9.59 Å². The molecule has 1 aromatic carbocycles. The van der Waals surface area contributed by atoms with E-state index in [1.807, 2.05) is 12.1 Å². The molecule has 0 aromatic heterocycles. The molecule has 1 aliphatic carbocycles. The molecule has 19 heavy (non-hydrogen) atoms. The van der Waals surface area contributed by atoms with E-state index < -0.39 is 11.7 Å². The van der Waals surface area contributed by atoms with E-state index in [1.54, 1.807) is 32.9 Å². The lowest BCUT2D eigenvalue weighted by molar-refractivity contribution is 0.0529. The predicted octanol–water partition coefficient (Wildman–Crippen LogP) is 2.50. The minimum absolute atomic E-state index is 0.0142. The van der Waals surface area contributed by atoms with Crippen molar-refractivity contribution in [3.8, 4) is 0 Å². The maximum absolute atomic E-state index is 11.7. The molecule has 1 N–H and O–H groups in total. The van der Waals surface area contributed by atoms with Crippen LogP contribution in [0.15, 0.2) is 29.4 Å². The second-order valence-corrected chi connectivity index (χ2v) is 5.32. The molecule has 1 amide bonds. The number of nitrogens with zero attached hydrogens (tertiary/aromatic N) is 1. The van der Waals surface area contributed by atoms with Crippen LogP contribution in [0.2, 0.25) is 0 Å². The molecule has 0 atom stereocenters. The summed E-state index contributed by atoms with van der Waals surface area (Å²) in [6, 6.07) is 7.21. The Bertz CT molecular complexity index is 556. The highest BCUT2D eigenvalue weighted by Crippen LogP contribution is 2.21. The van der Waals surface area contributed by atoms with E-state index in [0.717, 1.165) is 5.56 Å². The Hall–Kier alpha value is -2.17. The van der Waals surface area contributed by atoms with Crippen molar-refractivity contribution < 1.29 is 14.3 Å². The topological polar surface area (TPSA) is 67.8 Å². The number of hydrogen-bond donors (Lipinski definition) is 1. The van der Waals surface area contributed by atoms with E-state index in [0.29, 0.717) is 11.3 Å². The van der Waals surface area contributed by atoms with E-state index >= 15 is 0 Å². The van der Waals surface area contributed by atoms with Crippen LogP contribution >= 0.6 is 0 Å². The van der Waals surface area contributed by atoms with Gasteiger partial charge in [-0.05, 0) is 20.8 Å². The zero-order valence-corrected chi connectivity index (χ0v) is 11.2. The highest BCUT2D eigenvalue weighted by Gasteiger charge is 2.25. The second-order valence-electron chi connectivity index (χ2n) is 5.32. The lowest BCUT2D eigenvalue weighted by Gasteiger charge is -2.18. The van der Waals surface area contributed by atoms with Crippen LogP contribution in [-0.2, 0) is 4.74 Å². The van der Waals surface area contributed by atoms with Crippen LogP contribution < -0.4 is 5.43 Å². The zero-order chi connectivity index (χ0) is 14.0. The normalized spacial score (nSPS) is 16.4. The number of ether oxygens (including phenoxy) is 1. The number of benzene rings is 1. The van der Waals surface area contributed by atoms with Crippen molar-refractivity contribution in [2.75, 3.05) is 0 Å². The number of rotatable bonds is 1. The summed E-state index contributed by atoms with van der Waals surface area (Å²) in [6.45, 7) is 5.32. The van der Waals surface area contributed by atoms with E-state index in [1.165, 1.54) is 0 Å². The molecule has 0 spiro atoms. The quantitative estimate of drug-likeness (QED) is 0.789. The number of carbonyl (C=O) groups is 2. The standard InChI is InChI=1S/C14H16N2O3/c1-14(2,3)19-13(18)16-15-11-8-12(17)10-7-5-4-6-9(10)11/h4-7H,8H2,1-3H3,(H,16,18). The minimum atomic E-state index is -0.628. The Morgan fingerprint density at radius 3 is 2.53 bits per heavy atom. The average Bonchev–Trinajstić information content (AvgIpc) is 2.62. The lowest BCUT2D eigenvalue weighted by atomic mass is 10.1. The molecule has 0 heterocycles. The number of fused-ring (bicyclic) bond motifs is 1. The van der Waals surface area contributed by atoms with Gasteiger partial charge in [-0.2, -0.15) is 5.10 Å². The van der Waals surface area contributed by atoms with E-state index in [4.69, 9.17) is 4.74 Å². The molecule has 1 aromatic rings. The van der Waals surface area contributed by atoms with Gasteiger partial charge >= 0.3 is 6.09 Å². The molecule has 1 aliphatic rings. The highest BCUT2D eigenvalue weighted by atomic mass is 16.6. The van der Waals surface area contributed by atoms with Crippen LogP contribution in [-0.4, -0.2) is 23.2 Å². The molecule has 2 rings (SSSR count). The smallest absolute Gasteiger partial charge is 0.428 e. The first-order valence-electron chi connectivity index (χ1n) is 6.05. The highest BCUT2D eigenvalue weighted by molar-refractivity contribution is 6.26. The van der Waals surface area contributed by atoms with Gasteiger partial charge in [0.1, 0.15) is 5.60 Å². The number of nitrogens with one attached hydrogen (secondary N) is 1. The summed E-state index contributed by atoms with van der Waals surface area (Å²) in [5, 5.41) is 3.97. The van der Waals surface area contributed by atoms with Crippen LogP contribution in [0.1, 0.15) is 43.1 Å². The fourth-order valence-electron chi connectivity index (χ4n) is 1.83. The van der Waals surface area contributed by atoms with Crippen molar-refractivity contribution in [1.29, 1.82) is 0 Å². The molecule has 0 aliphatic heterocycles. The largest absolute Gasteiger partial charge is 0.443 e. The van der Waals surface area contributed by atoms with Crippen molar-refractivity contribution in [3.63, 3.8) is 0 Å². The third-order valence-corrected chi connectivity index (χ3v) is 2.55. The Kier molecular flexibility index (Phi) is 3.38. The van der Waals surface area contributed by atoms with Crippen molar-refractivity contribution >= 4 is 17.6 Å². The Morgan fingerprint density at radius 1 is 1.26 bits per heavy atom. The van der Waals surface area contributed by atoms with Gasteiger partial charge in [-0.25, -0.2) is 10.2 Å². The molecule has 0 unspecified atom stereocenters. The van der Waals surface area contributed by atoms with E-state index in [2.05, 4.69) is 10.5 Å². The number of carbonyl (C=O) groups excluding carboxylic acids is 2. The molecule has 0 bridgehead atoms. The first-order chi connectivity index (χ1) is 8.87. The molecule has 100 valence electrons. The number of hydrogen-bond acceptors (Lipinski definition) is 4. The third-order valence-electron chi connectivity index (χ3n) is 2.55. The molecule has 5 nitrogen and oxygen atoms in total. The fraction of sp³-hybridized carbons (Fsp3) is 0.357. The number of ketones is 1. The summed E-state index contributed by atoms with van der Waals surface area (Å²) >= 11 is 0. The van der Waals surface area contributed by atoms with Gasteiger partial charge in [0.15, 0.2) is 5.78 Å². The molecule has 0 saturated heterocycles. The van der Waals surface area contributed by atoms with Crippen LogP contribution in [0.3, 0.4) is 0 Å². The van der Waals surface area contributed by atoms with Gasteiger partial charge in [-0.1, -0.05) is 24.3 Å². The lowest BCUT2D eigenvalue weighted by Crippen LogP contribution is -2.30. The van der Waals surface area contributed by atoms with Crippen LogP contribution in [0.5, 0.6) is 0 Å². The van der Waals surface area contributed by atoms with Gasteiger partial charge in [-0.3, -0.25) is 4.79 Å². The predicted molar refractivity (Wildman–Crippen MR) is 71.3 cm³/mol. The van der Waals surface area contributed by atoms with Crippen LogP contribution in [0, 0.1) is 0 Å². The summed E-state index contributed by atoms with van der Waals surface area (Å²) in [6.07, 6.45) is -0.424. The molecular weight excluding hydrogens is 244 g/mol. The fourth-order valence-corrected chi connectivity index (χ4v) is 1.83. The van der Waals surface area contributed by atoms with Crippen molar-refractivity contribution in [1.82, 2.24) is 5.43 Å². The maximum Gasteiger partial charge on any atom is 0.428 e. The summed E-state index contributed by atoms with van der Waals surface area (Å²) in [5.41, 5.74) is 3.72. The third kappa shape index (κ3) is 3.19. The summed E-state index contributed by atoms with van der Waals surface area (Å²) in [5.74, 6) is 0.0142. The molecule has 0 saturated carbocycles. The van der Waals surface area contributed by atoms with Gasteiger partial charge < -0.3 is 4.74 Å². The number of amides is 1. The average molecular weight is 260 g/mol. The molecule has 0 radical (unpaired) electrons. The Balaban J connectivity index is 2.10. The molecule has 5 heteroatoms. The first-order valence-corrected chi connectivity index (χ1v) is 6.05. The second kappa shape index (κ2) is 4.84. The molecular formula is C14H16N2O3. The monoisotopic (exact) mass is 260 g/mol. The minimum Gasteiger partial charge on any atom is -0.443 e. The molecule has 0 fully saturated rings. The SMILES string of the molecule is CC(C)(C)OC(=O)NN=C1CC(=O)c2ccccc21. The van der Waals surface area contributed by atoms with Crippen molar-refractivity contribution in [3.05, 3.63) is 35.4 Å². The van der Waals surface area contributed by atoms with Gasteiger partial charge in [0.05, 0.1) is 12.1 Å². The van der Waals surface area contributed by atoms with Gasteiger partial charge in [0.25, 0.3) is 0 Å². The number of hydrazone groups is 1. The Labute approximate surface area is 111 Å². The number of Topliss-reactive ketones (excluding diaryl/α,β-unsaturated/α-hetero) is 1. The summed E-state index contributed by atoms with van der Waals surface area (Å²) in [4.78, 5) is 23.2. The maximum atomic E-state index is 11.7. The zero-order valence-electron chi connectivity index (χ0n) is 11.2. The van der Waals surface area contributed by atoms with Gasteiger partial charge in [0.2, 0.25) is 0 Å². The van der Waals surface area contributed by atoms with Crippen molar-refractivity contribution in [2.45, 2.75) is 32.8 Å². The van der Waals surface area contributed by atoms with Crippen molar-refractivity contribution in [2.24, 2.45) is 5.10 Å². The first kappa shape index (κ1) is 13.3. The summed E-state index contributed by atoms with van der Waals surface area (Å²) in [7, 11) is 0. The summed E-state index contributed by atoms with van der Waals surface area (Å²) < 4.78 is 5.07. The Morgan fingerprint density at radius 2 is 1.89 bits per heavy atom. The van der Waals surface area contributed by atoms with Gasteiger partial charge in [0, 0.05) is 11.1 Å². The van der Waals surface area contributed by atoms with Crippen LogP contribution in [0.4, 0.5) is 4.79 Å². The van der Waals surface area contributed by atoms with E-state index in [-0.39, 0.29) is 12.2 Å². The van der Waals surface area contributed by atoms with Crippen LogP contribution in [0.25, 0.3) is 0 Å². The van der Waals surface area contributed by atoms with Gasteiger partial charge in [-0.15, -0.1) is 0 Å².